The third-order valence-corrected chi connectivity index (χ3v) is 3.45. The zero-order valence-corrected chi connectivity index (χ0v) is 12.0. The molecule has 0 radical (unpaired) electrons. The average Bonchev–Trinajstić information content (AvgIpc) is 2.50. The van der Waals surface area contributed by atoms with E-state index >= 15 is 0 Å². The lowest BCUT2D eigenvalue weighted by molar-refractivity contribution is -0.383. The number of benzene rings is 1. The molecule has 1 heterocycles. The molecule has 0 aliphatic carbocycles. The highest BCUT2D eigenvalue weighted by atomic mass is 16.6. The monoisotopic (exact) mass is 289 g/mol. The Kier molecular flexibility index (Phi) is 5.05. The molecule has 1 atom stereocenters. The van der Waals surface area contributed by atoms with Gasteiger partial charge in [0.1, 0.15) is 5.52 Å². The molecule has 0 amide bonds. The van der Waals surface area contributed by atoms with Gasteiger partial charge in [-0.1, -0.05) is 19.1 Å². The van der Waals surface area contributed by atoms with E-state index in [0.717, 1.165) is 30.5 Å². The van der Waals surface area contributed by atoms with Crippen molar-refractivity contribution in [3.8, 4) is 0 Å². The van der Waals surface area contributed by atoms with Crippen molar-refractivity contribution in [2.24, 2.45) is 5.92 Å². The van der Waals surface area contributed by atoms with Gasteiger partial charge in [0, 0.05) is 36.5 Å². The summed E-state index contributed by atoms with van der Waals surface area (Å²) in [5, 5.41) is 24.0. The van der Waals surface area contributed by atoms with Crippen LogP contribution in [0.4, 0.5) is 11.4 Å². The van der Waals surface area contributed by atoms with E-state index in [0.29, 0.717) is 11.4 Å². The lowest BCUT2D eigenvalue weighted by atomic mass is 10.1. The molecule has 112 valence electrons. The van der Waals surface area contributed by atoms with Crippen molar-refractivity contribution in [3.05, 3.63) is 40.6 Å². The van der Waals surface area contributed by atoms with Gasteiger partial charge in [-0.05, 0) is 24.8 Å². The summed E-state index contributed by atoms with van der Waals surface area (Å²) in [5.74, 6) is 0.294. The molecule has 1 aromatic carbocycles. The van der Waals surface area contributed by atoms with Crippen molar-refractivity contribution < 1.29 is 10.0 Å². The average molecular weight is 289 g/mol. The second-order valence-electron chi connectivity index (χ2n) is 5.15. The SMILES string of the molecule is CC(CO)CCCNc1ccnc2c([N+](=O)[O-])cccc12. The fourth-order valence-electron chi connectivity index (χ4n) is 2.23. The number of nitrogens with zero attached hydrogens (tertiary/aromatic N) is 2. The first kappa shape index (κ1) is 15.2. The predicted octanol–water partition coefficient (Wildman–Crippen LogP) is 2.96. The van der Waals surface area contributed by atoms with Crippen LogP contribution < -0.4 is 5.32 Å². The first-order chi connectivity index (χ1) is 10.1. The summed E-state index contributed by atoms with van der Waals surface area (Å²) in [6.45, 7) is 2.96. The van der Waals surface area contributed by atoms with Crippen LogP contribution in [-0.2, 0) is 0 Å². The van der Waals surface area contributed by atoms with Crippen molar-refractivity contribution in [2.45, 2.75) is 19.8 Å². The number of aliphatic hydroxyl groups excluding tert-OH is 1. The van der Waals surface area contributed by atoms with E-state index in [2.05, 4.69) is 10.3 Å². The Morgan fingerprint density at radius 3 is 2.95 bits per heavy atom. The summed E-state index contributed by atoms with van der Waals surface area (Å²) in [4.78, 5) is 14.7. The maximum atomic E-state index is 11.0. The quantitative estimate of drug-likeness (QED) is 0.465. The molecule has 6 nitrogen and oxygen atoms in total. The van der Waals surface area contributed by atoms with Gasteiger partial charge in [-0.25, -0.2) is 4.98 Å². The highest BCUT2D eigenvalue weighted by Crippen LogP contribution is 2.28. The number of anilines is 1. The second-order valence-corrected chi connectivity index (χ2v) is 5.15. The van der Waals surface area contributed by atoms with E-state index in [1.54, 1.807) is 12.3 Å². The van der Waals surface area contributed by atoms with E-state index in [1.165, 1.54) is 6.07 Å². The Hall–Kier alpha value is -2.21. The molecule has 0 saturated carbocycles. The number of para-hydroxylation sites is 1. The van der Waals surface area contributed by atoms with Crippen molar-refractivity contribution in [1.82, 2.24) is 4.98 Å². The number of fused-ring (bicyclic) bond motifs is 1. The molecule has 0 saturated heterocycles. The van der Waals surface area contributed by atoms with Crippen LogP contribution in [0, 0.1) is 16.0 Å². The number of aromatic nitrogens is 1. The topological polar surface area (TPSA) is 88.3 Å². The van der Waals surface area contributed by atoms with Crippen LogP contribution in [-0.4, -0.2) is 28.2 Å². The summed E-state index contributed by atoms with van der Waals surface area (Å²) in [6.07, 6.45) is 3.45. The van der Waals surface area contributed by atoms with Gasteiger partial charge in [0.05, 0.1) is 4.92 Å². The first-order valence-electron chi connectivity index (χ1n) is 7.00. The Morgan fingerprint density at radius 1 is 1.43 bits per heavy atom. The Balaban J connectivity index is 2.14. The minimum absolute atomic E-state index is 0.0186. The molecule has 6 heteroatoms. The Morgan fingerprint density at radius 2 is 2.24 bits per heavy atom. The lowest BCUT2D eigenvalue weighted by Crippen LogP contribution is -2.07. The molecular weight excluding hydrogens is 270 g/mol. The molecule has 2 N–H and O–H groups in total. The number of non-ortho nitro benzene ring substituents is 1. The number of rotatable bonds is 7. The minimum atomic E-state index is -0.415. The van der Waals surface area contributed by atoms with Crippen LogP contribution in [0.2, 0.25) is 0 Å². The van der Waals surface area contributed by atoms with Crippen molar-refractivity contribution in [1.29, 1.82) is 0 Å². The standard InChI is InChI=1S/C15H19N3O3/c1-11(10-19)4-3-8-16-13-7-9-17-15-12(13)5-2-6-14(15)18(20)21/h2,5-7,9,11,19H,3-4,8,10H2,1H3,(H,16,17). The van der Waals surface area contributed by atoms with E-state index in [-0.39, 0.29) is 12.3 Å². The molecule has 0 bridgehead atoms. The number of nitro groups is 1. The third-order valence-electron chi connectivity index (χ3n) is 3.45. The molecule has 1 unspecified atom stereocenters. The Bertz CT molecular complexity index is 631. The van der Waals surface area contributed by atoms with Gasteiger partial charge in [-0.2, -0.15) is 0 Å². The molecule has 0 spiro atoms. The highest BCUT2D eigenvalue weighted by molar-refractivity contribution is 5.96. The minimum Gasteiger partial charge on any atom is -0.396 e. The van der Waals surface area contributed by atoms with Gasteiger partial charge < -0.3 is 10.4 Å². The lowest BCUT2D eigenvalue weighted by Gasteiger charge is -2.11. The second kappa shape index (κ2) is 6.99. The molecule has 1 aromatic heterocycles. The van der Waals surface area contributed by atoms with Gasteiger partial charge in [-0.3, -0.25) is 10.1 Å². The fraction of sp³-hybridized carbons (Fsp3) is 0.400. The zero-order valence-electron chi connectivity index (χ0n) is 12.0. The van der Waals surface area contributed by atoms with Crippen LogP contribution >= 0.6 is 0 Å². The van der Waals surface area contributed by atoms with Gasteiger partial charge in [0.15, 0.2) is 0 Å². The molecule has 2 aromatic rings. The summed E-state index contributed by atoms with van der Waals surface area (Å²) < 4.78 is 0. The smallest absolute Gasteiger partial charge is 0.295 e. The largest absolute Gasteiger partial charge is 0.396 e. The number of pyridine rings is 1. The number of nitro benzene ring substituents is 1. The van der Waals surface area contributed by atoms with E-state index < -0.39 is 4.92 Å². The van der Waals surface area contributed by atoms with Crippen LogP contribution in [0.5, 0.6) is 0 Å². The van der Waals surface area contributed by atoms with Gasteiger partial charge in [0.2, 0.25) is 0 Å². The normalized spacial score (nSPS) is 12.3. The molecule has 21 heavy (non-hydrogen) atoms. The third kappa shape index (κ3) is 3.66. The van der Waals surface area contributed by atoms with Gasteiger partial charge >= 0.3 is 0 Å². The van der Waals surface area contributed by atoms with Crippen molar-refractivity contribution >= 4 is 22.3 Å². The van der Waals surface area contributed by atoms with E-state index in [1.807, 2.05) is 19.1 Å². The number of aliphatic hydroxyl groups is 1. The van der Waals surface area contributed by atoms with E-state index in [4.69, 9.17) is 5.11 Å². The summed E-state index contributed by atoms with van der Waals surface area (Å²) >= 11 is 0. The number of hydrogen-bond acceptors (Lipinski definition) is 5. The van der Waals surface area contributed by atoms with Crippen LogP contribution in [0.25, 0.3) is 10.9 Å². The van der Waals surface area contributed by atoms with Crippen LogP contribution in [0.3, 0.4) is 0 Å². The number of hydrogen-bond donors (Lipinski definition) is 2. The molecule has 0 fully saturated rings. The summed E-state index contributed by atoms with van der Waals surface area (Å²) in [6, 6.07) is 6.78. The van der Waals surface area contributed by atoms with Crippen molar-refractivity contribution in [3.63, 3.8) is 0 Å². The summed E-state index contributed by atoms with van der Waals surface area (Å²) in [7, 11) is 0. The molecule has 0 aliphatic heterocycles. The van der Waals surface area contributed by atoms with Crippen LogP contribution in [0.1, 0.15) is 19.8 Å². The maximum absolute atomic E-state index is 11.0. The highest BCUT2D eigenvalue weighted by Gasteiger charge is 2.14. The first-order valence-corrected chi connectivity index (χ1v) is 7.00. The predicted molar refractivity (Wildman–Crippen MR) is 82.4 cm³/mol. The van der Waals surface area contributed by atoms with Crippen LogP contribution in [0.15, 0.2) is 30.5 Å². The molecular formula is C15H19N3O3. The fourth-order valence-corrected chi connectivity index (χ4v) is 2.23. The zero-order chi connectivity index (χ0) is 15.2. The molecule has 0 aliphatic rings. The van der Waals surface area contributed by atoms with Gasteiger partial charge in [-0.15, -0.1) is 0 Å². The summed E-state index contributed by atoms with van der Waals surface area (Å²) in [5.41, 5.74) is 1.27. The maximum Gasteiger partial charge on any atom is 0.295 e. The van der Waals surface area contributed by atoms with E-state index in [9.17, 15) is 10.1 Å². The Labute approximate surface area is 123 Å². The van der Waals surface area contributed by atoms with Gasteiger partial charge in [0.25, 0.3) is 5.69 Å². The van der Waals surface area contributed by atoms with Crippen molar-refractivity contribution in [2.75, 3.05) is 18.5 Å². The molecule has 2 rings (SSSR count). The number of nitrogens with one attached hydrogen (secondary N) is 1.